The fourth-order valence-electron chi connectivity index (χ4n) is 3.66. The summed E-state index contributed by atoms with van der Waals surface area (Å²) in [5.41, 5.74) is 2.00. The number of benzene rings is 2. The van der Waals surface area contributed by atoms with Crippen LogP contribution in [0.1, 0.15) is 63.4 Å². The van der Waals surface area contributed by atoms with Crippen LogP contribution < -0.4 is 15.4 Å². The van der Waals surface area contributed by atoms with Crippen LogP contribution in [0.4, 0.5) is 5.69 Å². The lowest BCUT2D eigenvalue weighted by atomic mass is 9.86. The molecule has 0 aliphatic carbocycles. The molecule has 1 aliphatic heterocycles. The maximum absolute atomic E-state index is 12.9. The van der Waals surface area contributed by atoms with Gasteiger partial charge in [-0.15, -0.1) is 0 Å². The number of sulfonamides is 1. The highest BCUT2D eigenvalue weighted by Crippen LogP contribution is 2.22. The van der Waals surface area contributed by atoms with E-state index in [4.69, 9.17) is 0 Å². The SMILES string of the molecule is CC(C)[C@H](NC(=O)c1ccc(C(C)(C)C)cc1)C(=O)Nc1ccc(S(=O)(=O)NC2=NCCC2)cc1. The summed E-state index contributed by atoms with van der Waals surface area (Å²) in [4.78, 5) is 30.0. The van der Waals surface area contributed by atoms with Crippen LogP contribution in [0, 0.1) is 5.92 Å². The van der Waals surface area contributed by atoms with Gasteiger partial charge in [-0.3, -0.25) is 19.3 Å². The Kier molecular flexibility index (Phi) is 8.00. The molecule has 35 heavy (non-hydrogen) atoms. The highest BCUT2D eigenvalue weighted by molar-refractivity contribution is 7.90. The number of anilines is 1. The molecule has 0 aromatic heterocycles. The first-order valence-electron chi connectivity index (χ1n) is 11.8. The second kappa shape index (κ2) is 10.6. The Morgan fingerprint density at radius 3 is 2.11 bits per heavy atom. The van der Waals surface area contributed by atoms with Crippen molar-refractivity contribution < 1.29 is 18.0 Å². The molecule has 0 saturated heterocycles. The summed E-state index contributed by atoms with van der Waals surface area (Å²) in [6.45, 7) is 10.6. The monoisotopic (exact) mass is 498 g/mol. The molecule has 0 fully saturated rings. The van der Waals surface area contributed by atoms with Crippen LogP contribution in [-0.4, -0.2) is 38.7 Å². The summed E-state index contributed by atoms with van der Waals surface area (Å²) in [5, 5.41) is 5.59. The fourth-order valence-corrected chi connectivity index (χ4v) is 4.74. The van der Waals surface area contributed by atoms with E-state index in [1.807, 2.05) is 26.0 Å². The zero-order valence-corrected chi connectivity index (χ0v) is 21.7. The van der Waals surface area contributed by atoms with Gasteiger partial charge >= 0.3 is 0 Å². The Balaban J connectivity index is 1.65. The van der Waals surface area contributed by atoms with Crippen molar-refractivity contribution >= 4 is 33.4 Å². The average molecular weight is 499 g/mol. The Labute approximate surface area is 207 Å². The normalized spacial score (nSPS) is 14.9. The van der Waals surface area contributed by atoms with Crippen molar-refractivity contribution in [3.8, 4) is 0 Å². The number of carbonyl (C=O) groups excluding carboxylic acids is 2. The minimum Gasteiger partial charge on any atom is -0.340 e. The first-order valence-corrected chi connectivity index (χ1v) is 13.2. The van der Waals surface area contributed by atoms with E-state index >= 15 is 0 Å². The Hall–Kier alpha value is -3.20. The molecular formula is C26H34N4O4S. The first-order chi connectivity index (χ1) is 16.4. The van der Waals surface area contributed by atoms with Gasteiger partial charge in [0, 0.05) is 24.2 Å². The minimum absolute atomic E-state index is 0.0228. The van der Waals surface area contributed by atoms with Gasteiger partial charge in [-0.1, -0.05) is 46.8 Å². The summed E-state index contributed by atoms with van der Waals surface area (Å²) in [5.74, 6) is -0.412. The molecule has 0 unspecified atom stereocenters. The standard InChI is InChI=1S/C26H34N4O4S/c1-17(2)23(29-24(31)18-8-10-19(11-9-18)26(3,4)5)25(32)28-20-12-14-21(15-13-20)35(33,34)30-22-7-6-16-27-22/h8-15,17,23H,6-7,16H2,1-5H3,(H,27,30)(H,28,32)(H,29,31)/t23-/m0/s1. The molecule has 1 atom stereocenters. The Morgan fingerprint density at radius 2 is 1.60 bits per heavy atom. The van der Waals surface area contributed by atoms with Crippen LogP contribution in [0.5, 0.6) is 0 Å². The van der Waals surface area contributed by atoms with Crippen LogP contribution in [0.15, 0.2) is 58.4 Å². The number of rotatable bonds is 7. The van der Waals surface area contributed by atoms with Crippen LogP contribution >= 0.6 is 0 Å². The first kappa shape index (κ1) is 26.4. The number of hydrogen-bond acceptors (Lipinski definition) is 5. The second-order valence-electron chi connectivity index (χ2n) is 10.1. The molecule has 0 spiro atoms. The van der Waals surface area contributed by atoms with Crippen LogP contribution in [0.3, 0.4) is 0 Å². The van der Waals surface area contributed by atoms with Crippen molar-refractivity contribution in [1.29, 1.82) is 0 Å². The number of amidine groups is 1. The second-order valence-corrected chi connectivity index (χ2v) is 11.8. The van der Waals surface area contributed by atoms with Gasteiger partial charge in [0.15, 0.2) is 0 Å². The van der Waals surface area contributed by atoms with Crippen molar-refractivity contribution in [2.24, 2.45) is 10.9 Å². The Morgan fingerprint density at radius 1 is 0.971 bits per heavy atom. The molecule has 0 saturated carbocycles. The third-order valence-electron chi connectivity index (χ3n) is 5.81. The number of nitrogens with zero attached hydrogens (tertiary/aromatic N) is 1. The molecule has 3 N–H and O–H groups in total. The van der Waals surface area contributed by atoms with E-state index in [2.05, 4.69) is 41.1 Å². The average Bonchev–Trinajstić information content (AvgIpc) is 3.29. The summed E-state index contributed by atoms with van der Waals surface area (Å²) in [7, 11) is -3.73. The summed E-state index contributed by atoms with van der Waals surface area (Å²) < 4.78 is 27.5. The van der Waals surface area contributed by atoms with Gasteiger partial charge < -0.3 is 10.6 Å². The minimum atomic E-state index is -3.73. The lowest BCUT2D eigenvalue weighted by molar-refractivity contribution is -0.118. The topological polar surface area (TPSA) is 117 Å². The summed E-state index contributed by atoms with van der Waals surface area (Å²) in [6, 6.07) is 12.5. The van der Waals surface area contributed by atoms with Crippen molar-refractivity contribution in [2.75, 3.05) is 11.9 Å². The van der Waals surface area contributed by atoms with E-state index in [9.17, 15) is 18.0 Å². The third-order valence-corrected chi connectivity index (χ3v) is 7.20. The molecule has 2 amide bonds. The number of carbonyl (C=O) groups is 2. The van der Waals surface area contributed by atoms with Crippen LogP contribution in [-0.2, 0) is 20.2 Å². The van der Waals surface area contributed by atoms with Gasteiger partial charge in [0.1, 0.15) is 11.9 Å². The highest BCUT2D eigenvalue weighted by Gasteiger charge is 2.25. The van der Waals surface area contributed by atoms with Crippen LogP contribution in [0.25, 0.3) is 0 Å². The van der Waals surface area contributed by atoms with Crippen molar-refractivity contribution in [3.05, 3.63) is 59.7 Å². The molecule has 0 bridgehead atoms. The zero-order chi connectivity index (χ0) is 25.8. The third kappa shape index (κ3) is 6.91. The van der Waals surface area contributed by atoms with Crippen LogP contribution in [0.2, 0.25) is 0 Å². The molecule has 1 aliphatic rings. The Bertz CT molecular complexity index is 1200. The highest BCUT2D eigenvalue weighted by atomic mass is 32.2. The molecule has 188 valence electrons. The molecule has 0 radical (unpaired) electrons. The molecule has 9 heteroatoms. The maximum atomic E-state index is 12.9. The summed E-state index contributed by atoms with van der Waals surface area (Å²) >= 11 is 0. The van der Waals surface area contributed by atoms with Crippen molar-refractivity contribution in [3.63, 3.8) is 0 Å². The number of amides is 2. The van der Waals surface area contributed by atoms with Gasteiger partial charge in [0.25, 0.3) is 15.9 Å². The van der Waals surface area contributed by atoms with E-state index in [0.717, 1.165) is 12.0 Å². The van der Waals surface area contributed by atoms with E-state index in [-0.39, 0.29) is 28.0 Å². The lowest BCUT2D eigenvalue weighted by Crippen LogP contribution is -2.47. The van der Waals surface area contributed by atoms with Crippen molar-refractivity contribution in [1.82, 2.24) is 10.0 Å². The van der Waals surface area contributed by atoms with E-state index < -0.39 is 16.1 Å². The molecule has 2 aromatic rings. The molecule has 3 rings (SSSR count). The van der Waals surface area contributed by atoms with Gasteiger partial charge in [-0.2, -0.15) is 0 Å². The molecule has 1 heterocycles. The van der Waals surface area contributed by atoms with Gasteiger partial charge in [-0.05, 0) is 59.7 Å². The molecular weight excluding hydrogens is 464 g/mol. The maximum Gasteiger partial charge on any atom is 0.262 e. The van der Waals surface area contributed by atoms with Gasteiger partial charge in [0.05, 0.1) is 4.90 Å². The number of nitrogens with one attached hydrogen (secondary N) is 3. The largest absolute Gasteiger partial charge is 0.340 e. The predicted molar refractivity (Wildman–Crippen MR) is 138 cm³/mol. The number of hydrogen-bond donors (Lipinski definition) is 3. The fraction of sp³-hybridized carbons (Fsp3) is 0.423. The van der Waals surface area contributed by atoms with Gasteiger partial charge in [-0.25, -0.2) is 8.42 Å². The zero-order valence-electron chi connectivity index (χ0n) is 20.9. The molecule has 8 nitrogen and oxygen atoms in total. The smallest absolute Gasteiger partial charge is 0.262 e. The van der Waals surface area contributed by atoms with E-state index in [1.54, 1.807) is 12.1 Å². The molecule has 2 aromatic carbocycles. The van der Waals surface area contributed by atoms with Gasteiger partial charge in [0.2, 0.25) is 5.91 Å². The lowest BCUT2D eigenvalue weighted by Gasteiger charge is -2.22. The summed E-state index contributed by atoms with van der Waals surface area (Å²) in [6.07, 6.45) is 1.44. The van der Waals surface area contributed by atoms with E-state index in [0.29, 0.717) is 30.1 Å². The quantitative estimate of drug-likeness (QED) is 0.538. The van der Waals surface area contributed by atoms with Crippen molar-refractivity contribution in [2.45, 2.75) is 63.8 Å². The van der Waals surface area contributed by atoms with E-state index in [1.165, 1.54) is 24.3 Å². The number of aliphatic imine (C=N–C) groups is 1. The predicted octanol–water partition coefficient (Wildman–Crippen LogP) is 3.85.